The minimum absolute atomic E-state index is 0. The maximum atomic E-state index is 13.1. The van der Waals surface area contributed by atoms with E-state index in [4.69, 9.17) is 4.98 Å². The number of halogens is 2. The number of carbonyl (C=O) groups excluding carboxylic acids is 1. The van der Waals surface area contributed by atoms with E-state index in [1.54, 1.807) is 0 Å². The van der Waals surface area contributed by atoms with E-state index in [-0.39, 0.29) is 30.7 Å². The zero-order valence-corrected chi connectivity index (χ0v) is 16.0. The molecular weight excluding hydrogens is 357 g/mol. The van der Waals surface area contributed by atoms with Crippen LogP contribution in [0.15, 0.2) is 30.3 Å². The minimum atomic E-state index is 0. The second-order valence-corrected chi connectivity index (χ2v) is 6.77. The first kappa shape index (κ1) is 20.0. The van der Waals surface area contributed by atoms with Crippen LogP contribution in [0.1, 0.15) is 47.7 Å². The minimum Gasteiger partial charge on any atom is -0.337 e. The van der Waals surface area contributed by atoms with Crippen LogP contribution in [0.5, 0.6) is 0 Å². The van der Waals surface area contributed by atoms with Crippen LogP contribution in [-0.2, 0) is 0 Å². The number of benzene rings is 1. The fourth-order valence-corrected chi connectivity index (χ4v) is 3.53. The summed E-state index contributed by atoms with van der Waals surface area (Å²) in [6.45, 7) is 1.65. The second kappa shape index (κ2) is 8.35. The molecule has 0 bridgehead atoms. The molecule has 1 aromatic heterocycles. The van der Waals surface area contributed by atoms with Crippen molar-refractivity contribution >= 4 is 41.6 Å². The van der Waals surface area contributed by atoms with Gasteiger partial charge in [0.05, 0.1) is 11.1 Å². The number of para-hydroxylation sites is 1. The molecular formula is C19H25Cl2N3O. The van der Waals surface area contributed by atoms with E-state index < -0.39 is 0 Å². The summed E-state index contributed by atoms with van der Waals surface area (Å²) in [5.41, 5.74) is 2.87. The highest BCUT2D eigenvalue weighted by molar-refractivity contribution is 6.06. The number of amides is 1. The van der Waals surface area contributed by atoms with Gasteiger partial charge < -0.3 is 10.2 Å². The molecule has 1 aromatic carbocycles. The predicted molar refractivity (Wildman–Crippen MR) is 106 cm³/mol. The summed E-state index contributed by atoms with van der Waals surface area (Å²) >= 11 is 0. The number of pyridine rings is 1. The van der Waals surface area contributed by atoms with Gasteiger partial charge in [0.15, 0.2) is 0 Å². The lowest BCUT2D eigenvalue weighted by atomic mass is 10.0. The number of rotatable bonds is 3. The topological polar surface area (TPSA) is 45.2 Å². The molecule has 2 aliphatic rings. The Morgan fingerprint density at radius 3 is 2.68 bits per heavy atom. The van der Waals surface area contributed by atoms with Crippen LogP contribution in [-0.4, -0.2) is 42.0 Å². The quantitative estimate of drug-likeness (QED) is 0.879. The Bertz CT molecular complexity index is 749. The molecule has 25 heavy (non-hydrogen) atoms. The highest BCUT2D eigenvalue weighted by Crippen LogP contribution is 2.40. The molecule has 0 radical (unpaired) electrons. The predicted octanol–water partition coefficient (Wildman–Crippen LogP) is 3.78. The van der Waals surface area contributed by atoms with Gasteiger partial charge in [0, 0.05) is 36.1 Å². The SMILES string of the molecule is CNC1CCCN(C(=O)c2cc(C3CC3)nc3ccccc23)C1.Cl.Cl. The molecule has 1 N–H and O–H groups in total. The fourth-order valence-electron chi connectivity index (χ4n) is 3.53. The standard InChI is InChI=1S/C19H23N3O.2ClH/c1-20-14-5-4-10-22(12-14)19(23)16-11-18(13-8-9-13)21-17-7-3-2-6-15(16)17;;/h2-3,6-7,11,13-14,20H,4-5,8-10,12H2,1H3;2*1H. The fraction of sp³-hybridized carbons (Fsp3) is 0.474. The van der Waals surface area contributed by atoms with Crippen molar-refractivity contribution in [1.82, 2.24) is 15.2 Å². The highest BCUT2D eigenvalue weighted by atomic mass is 35.5. The van der Waals surface area contributed by atoms with Gasteiger partial charge in [0.25, 0.3) is 5.91 Å². The molecule has 6 heteroatoms. The first-order chi connectivity index (χ1) is 11.3. The molecule has 2 fully saturated rings. The van der Waals surface area contributed by atoms with E-state index in [1.165, 1.54) is 12.8 Å². The Kier molecular flexibility index (Phi) is 6.66. The molecule has 1 aliphatic carbocycles. The number of nitrogens with one attached hydrogen (secondary N) is 1. The lowest BCUT2D eigenvalue weighted by molar-refractivity contribution is 0.0700. The third-order valence-corrected chi connectivity index (χ3v) is 5.08. The summed E-state index contributed by atoms with van der Waals surface area (Å²) in [5.74, 6) is 0.711. The van der Waals surface area contributed by atoms with E-state index in [1.807, 2.05) is 42.3 Å². The maximum absolute atomic E-state index is 13.1. The Morgan fingerprint density at radius 2 is 1.96 bits per heavy atom. The molecule has 136 valence electrons. The summed E-state index contributed by atoms with van der Waals surface area (Å²) in [6, 6.07) is 10.5. The third-order valence-electron chi connectivity index (χ3n) is 5.08. The summed E-state index contributed by atoms with van der Waals surface area (Å²) in [4.78, 5) is 19.9. The first-order valence-corrected chi connectivity index (χ1v) is 8.62. The zero-order valence-electron chi connectivity index (χ0n) is 14.4. The van der Waals surface area contributed by atoms with E-state index in [0.29, 0.717) is 12.0 Å². The van der Waals surface area contributed by atoms with Crippen LogP contribution >= 0.6 is 24.8 Å². The summed E-state index contributed by atoms with van der Waals surface area (Å²) in [7, 11) is 1.98. The van der Waals surface area contributed by atoms with Crippen LogP contribution in [0.25, 0.3) is 10.9 Å². The van der Waals surface area contributed by atoms with Gasteiger partial charge in [-0.05, 0) is 44.9 Å². The Balaban J connectivity index is 0.00000113. The lowest BCUT2D eigenvalue weighted by Crippen LogP contribution is -2.47. The molecule has 4 rings (SSSR count). The van der Waals surface area contributed by atoms with E-state index >= 15 is 0 Å². The van der Waals surface area contributed by atoms with Gasteiger partial charge in [-0.3, -0.25) is 9.78 Å². The molecule has 1 saturated heterocycles. The van der Waals surface area contributed by atoms with Crippen molar-refractivity contribution in [2.24, 2.45) is 0 Å². The van der Waals surface area contributed by atoms with Gasteiger partial charge in [-0.2, -0.15) is 0 Å². The number of fused-ring (bicyclic) bond motifs is 1. The summed E-state index contributed by atoms with van der Waals surface area (Å²) in [5, 5.41) is 4.29. The smallest absolute Gasteiger partial charge is 0.254 e. The van der Waals surface area contributed by atoms with Crippen molar-refractivity contribution in [3.8, 4) is 0 Å². The number of hydrogen-bond donors (Lipinski definition) is 1. The molecule has 2 heterocycles. The number of likely N-dealkylation sites (tertiary alicyclic amines) is 1. The molecule has 2 aromatic rings. The van der Waals surface area contributed by atoms with E-state index in [9.17, 15) is 4.79 Å². The van der Waals surface area contributed by atoms with Crippen LogP contribution in [0.4, 0.5) is 0 Å². The molecule has 4 nitrogen and oxygen atoms in total. The van der Waals surface area contributed by atoms with Crippen molar-refractivity contribution in [3.63, 3.8) is 0 Å². The van der Waals surface area contributed by atoms with Gasteiger partial charge in [-0.25, -0.2) is 0 Å². The van der Waals surface area contributed by atoms with Gasteiger partial charge >= 0.3 is 0 Å². The largest absolute Gasteiger partial charge is 0.337 e. The Morgan fingerprint density at radius 1 is 1.20 bits per heavy atom. The average Bonchev–Trinajstić information content (AvgIpc) is 3.45. The lowest BCUT2D eigenvalue weighted by Gasteiger charge is -2.33. The molecule has 1 unspecified atom stereocenters. The zero-order chi connectivity index (χ0) is 15.8. The Labute approximate surface area is 161 Å². The maximum Gasteiger partial charge on any atom is 0.254 e. The van der Waals surface area contributed by atoms with Gasteiger partial charge in [0.2, 0.25) is 0 Å². The number of likely N-dealkylation sites (N-methyl/N-ethyl adjacent to an activating group) is 1. The van der Waals surface area contributed by atoms with E-state index in [0.717, 1.165) is 48.1 Å². The summed E-state index contributed by atoms with van der Waals surface area (Å²) < 4.78 is 0. The third kappa shape index (κ3) is 4.08. The van der Waals surface area contributed by atoms with Gasteiger partial charge in [-0.1, -0.05) is 18.2 Å². The first-order valence-electron chi connectivity index (χ1n) is 8.62. The van der Waals surface area contributed by atoms with E-state index in [2.05, 4.69) is 5.32 Å². The highest BCUT2D eigenvalue weighted by Gasteiger charge is 2.29. The normalized spacial score (nSPS) is 19.9. The van der Waals surface area contributed by atoms with Crippen molar-refractivity contribution in [2.45, 2.75) is 37.6 Å². The molecule has 0 spiro atoms. The van der Waals surface area contributed by atoms with Crippen LogP contribution in [0.3, 0.4) is 0 Å². The van der Waals surface area contributed by atoms with Crippen LogP contribution < -0.4 is 5.32 Å². The average molecular weight is 382 g/mol. The summed E-state index contributed by atoms with van der Waals surface area (Å²) in [6.07, 6.45) is 4.61. The van der Waals surface area contributed by atoms with Crippen LogP contribution in [0.2, 0.25) is 0 Å². The molecule has 1 atom stereocenters. The van der Waals surface area contributed by atoms with Crippen molar-refractivity contribution in [2.75, 3.05) is 20.1 Å². The monoisotopic (exact) mass is 381 g/mol. The number of hydrogen-bond acceptors (Lipinski definition) is 3. The van der Waals surface area contributed by atoms with Gasteiger partial charge in [-0.15, -0.1) is 24.8 Å². The Hall–Kier alpha value is -1.36. The number of nitrogens with zero attached hydrogens (tertiary/aromatic N) is 2. The van der Waals surface area contributed by atoms with Gasteiger partial charge in [0.1, 0.15) is 0 Å². The second-order valence-electron chi connectivity index (χ2n) is 6.77. The number of piperidine rings is 1. The van der Waals surface area contributed by atoms with Crippen LogP contribution in [0, 0.1) is 0 Å². The molecule has 1 saturated carbocycles. The van der Waals surface area contributed by atoms with Crippen molar-refractivity contribution in [3.05, 3.63) is 41.6 Å². The van der Waals surface area contributed by atoms with Crippen molar-refractivity contribution in [1.29, 1.82) is 0 Å². The molecule has 1 aliphatic heterocycles. The number of carbonyl (C=O) groups is 1. The molecule has 1 amide bonds. The van der Waals surface area contributed by atoms with Crippen molar-refractivity contribution < 1.29 is 4.79 Å². The number of aromatic nitrogens is 1.